The average Bonchev–Trinajstić information content (AvgIpc) is 2.91. The molecule has 112 valence electrons. The van der Waals surface area contributed by atoms with Gasteiger partial charge in [0.05, 0.1) is 17.9 Å². The number of benzene rings is 1. The number of aromatic nitrogens is 3. The molecule has 0 aliphatic rings. The van der Waals surface area contributed by atoms with Gasteiger partial charge in [-0.25, -0.2) is 4.68 Å². The van der Waals surface area contributed by atoms with Crippen LogP contribution in [0.25, 0.3) is 0 Å². The Bertz CT molecular complexity index is 640. The van der Waals surface area contributed by atoms with Crippen LogP contribution in [0.4, 0.5) is 5.69 Å². The summed E-state index contributed by atoms with van der Waals surface area (Å²) in [5.41, 5.74) is 8.08. The summed E-state index contributed by atoms with van der Waals surface area (Å²) in [6, 6.07) is 5.22. The Kier molecular flexibility index (Phi) is 4.93. The number of rotatable bonds is 5. The largest absolute Gasteiger partial charge is 0.324 e. The number of halogens is 1. The van der Waals surface area contributed by atoms with E-state index < -0.39 is 0 Å². The van der Waals surface area contributed by atoms with Crippen LogP contribution in [0.2, 0.25) is 5.02 Å². The second-order valence-corrected chi connectivity index (χ2v) is 5.22. The third kappa shape index (κ3) is 3.80. The molecule has 1 atom stereocenters. The minimum absolute atomic E-state index is 0.0788. The lowest BCUT2D eigenvalue weighted by Crippen LogP contribution is -2.19. The van der Waals surface area contributed by atoms with Crippen molar-refractivity contribution in [3.05, 3.63) is 40.7 Å². The van der Waals surface area contributed by atoms with Crippen molar-refractivity contribution in [3.63, 3.8) is 0 Å². The van der Waals surface area contributed by atoms with E-state index in [0.29, 0.717) is 16.4 Å². The summed E-state index contributed by atoms with van der Waals surface area (Å²) in [5.74, 6) is -0.193. The van der Waals surface area contributed by atoms with Gasteiger partial charge in [0.2, 0.25) is 5.91 Å². The molecule has 0 bridgehead atoms. The summed E-state index contributed by atoms with van der Waals surface area (Å²) in [5, 5.41) is 11.3. The highest BCUT2D eigenvalue weighted by atomic mass is 35.5. The lowest BCUT2D eigenvalue weighted by molar-refractivity contribution is -0.116. The summed E-state index contributed by atoms with van der Waals surface area (Å²) >= 11 is 6.02. The maximum atomic E-state index is 12.0. The van der Waals surface area contributed by atoms with Crippen molar-refractivity contribution in [2.45, 2.75) is 32.9 Å². The summed E-state index contributed by atoms with van der Waals surface area (Å²) < 4.78 is 1.47. The van der Waals surface area contributed by atoms with E-state index >= 15 is 0 Å². The number of carbonyl (C=O) groups is 1. The molecule has 1 heterocycles. The third-order valence-electron chi connectivity index (χ3n) is 3.22. The second-order valence-electron chi connectivity index (χ2n) is 4.82. The Balaban J connectivity index is 2.02. The van der Waals surface area contributed by atoms with Gasteiger partial charge in [-0.15, -0.1) is 5.10 Å². The molecule has 21 heavy (non-hydrogen) atoms. The molecular weight excluding hydrogens is 290 g/mol. The van der Waals surface area contributed by atoms with Crippen LogP contribution >= 0.6 is 11.6 Å². The van der Waals surface area contributed by atoms with Crippen LogP contribution in [0.1, 0.15) is 30.6 Å². The quantitative estimate of drug-likeness (QED) is 0.887. The van der Waals surface area contributed by atoms with Crippen molar-refractivity contribution in [2.75, 3.05) is 5.32 Å². The highest BCUT2D eigenvalue weighted by Gasteiger charge is 2.11. The first-order valence-electron chi connectivity index (χ1n) is 6.71. The van der Waals surface area contributed by atoms with E-state index in [1.165, 1.54) is 4.68 Å². The first-order chi connectivity index (χ1) is 10.0. The van der Waals surface area contributed by atoms with E-state index in [9.17, 15) is 4.79 Å². The maximum Gasteiger partial charge on any atom is 0.246 e. The molecule has 1 aromatic carbocycles. The van der Waals surface area contributed by atoms with Gasteiger partial charge in [-0.3, -0.25) is 4.79 Å². The van der Waals surface area contributed by atoms with Crippen LogP contribution < -0.4 is 11.1 Å². The molecule has 0 spiro atoms. The van der Waals surface area contributed by atoms with Crippen LogP contribution in [0, 0.1) is 6.92 Å². The van der Waals surface area contributed by atoms with E-state index in [0.717, 1.165) is 12.0 Å². The monoisotopic (exact) mass is 307 g/mol. The molecule has 1 unspecified atom stereocenters. The number of nitrogens with two attached hydrogens (primary N) is 1. The standard InChI is InChI=1S/C14H18ClN5O/c1-3-11(16)13-7-20(19-18-13)8-14(21)17-12-6-4-5-10(15)9(12)2/h4-7,11H,3,8,16H2,1-2H3,(H,17,21). The summed E-state index contributed by atoms with van der Waals surface area (Å²) in [7, 11) is 0. The zero-order valence-electron chi connectivity index (χ0n) is 12.0. The SMILES string of the molecule is CCC(N)c1cn(CC(=O)Nc2cccc(Cl)c2C)nn1. The Morgan fingerprint density at radius 3 is 3.00 bits per heavy atom. The molecule has 0 saturated carbocycles. The number of carbonyl (C=O) groups excluding carboxylic acids is 1. The molecule has 7 heteroatoms. The highest BCUT2D eigenvalue weighted by molar-refractivity contribution is 6.31. The number of nitrogens with zero attached hydrogens (tertiary/aromatic N) is 3. The molecule has 2 rings (SSSR count). The molecule has 0 aliphatic heterocycles. The number of nitrogens with one attached hydrogen (secondary N) is 1. The molecule has 0 radical (unpaired) electrons. The summed E-state index contributed by atoms with van der Waals surface area (Å²) in [6.45, 7) is 3.90. The zero-order valence-corrected chi connectivity index (χ0v) is 12.8. The van der Waals surface area contributed by atoms with Crippen molar-refractivity contribution in [2.24, 2.45) is 5.73 Å². The highest BCUT2D eigenvalue weighted by Crippen LogP contribution is 2.22. The summed E-state index contributed by atoms with van der Waals surface area (Å²) in [4.78, 5) is 12.0. The van der Waals surface area contributed by atoms with Gasteiger partial charge >= 0.3 is 0 Å². The van der Waals surface area contributed by atoms with Gasteiger partial charge in [0.1, 0.15) is 6.54 Å². The van der Waals surface area contributed by atoms with Crippen LogP contribution in [-0.4, -0.2) is 20.9 Å². The number of anilines is 1. The fourth-order valence-corrected chi connectivity index (χ4v) is 2.02. The van der Waals surface area contributed by atoms with Gasteiger partial charge in [0, 0.05) is 10.7 Å². The van der Waals surface area contributed by atoms with E-state index in [1.54, 1.807) is 24.4 Å². The normalized spacial score (nSPS) is 12.2. The lowest BCUT2D eigenvalue weighted by atomic mass is 10.2. The smallest absolute Gasteiger partial charge is 0.246 e. The van der Waals surface area contributed by atoms with Gasteiger partial charge in [-0.05, 0) is 31.0 Å². The predicted molar refractivity (Wildman–Crippen MR) is 82.1 cm³/mol. The molecule has 1 aromatic heterocycles. The first kappa shape index (κ1) is 15.5. The van der Waals surface area contributed by atoms with Gasteiger partial charge in [0.25, 0.3) is 0 Å². The zero-order chi connectivity index (χ0) is 15.4. The van der Waals surface area contributed by atoms with E-state index in [-0.39, 0.29) is 18.5 Å². The molecule has 2 aromatic rings. The van der Waals surface area contributed by atoms with Crippen LogP contribution in [0.15, 0.2) is 24.4 Å². The Morgan fingerprint density at radius 1 is 1.52 bits per heavy atom. The number of hydrogen-bond acceptors (Lipinski definition) is 4. The topological polar surface area (TPSA) is 85.8 Å². The lowest BCUT2D eigenvalue weighted by Gasteiger charge is -2.09. The fraction of sp³-hybridized carbons (Fsp3) is 0.357. The Hall–Kier alpha value is -1.92. The third-order valence-corrected chi connectivity index (χ3v) is 3.63. The van der Waals surface area contributed by atoms with Gasteiger partial charge in [0.15, 0.2) is 0 Å². The molecule has 1 amide bonds. The van der Waals surface area contributed by atoms with Crippen LogP contribution in [0.3, 0.4) is 0 Å². The molecule has 0 saturated heterocycles. The number of amides is 1. The molecular formula is C14H18ClN5O. The van der Waals surface area contributed by atoms with Gasteiger partial charge in [-0.1, -0.05) is 29.8 Å². The maximum absolute atomic E-state index is 12.0. The molecule has 0 aliphatic carbocycles. The number of hydrogen-bond donors (Lipinski definition) is 2. The fourth-order valence-electron chi connectivity index (χ4n) is 1.85. The Morgan fingerprint density at radius 2 is 2.29 bits per heavy atom. The molecule has 6 nitrogen and oxygen atoms in total. The van der Waals surface area contributed by atoms with Crippen molar-refractivity contribution in [3.8, 4) is 0 Å². The second kappa shape index (κ2) is 6.69. The summed E-state index contributed by atoms with van der Waals surface area (Å²) in [6.07, 6.45) is 2.46. The van der Waals surface area contributed by atoms with Crippen LogP contribution in [0.5, 0.6) is 0 Å². The van der Waals surface area contributed by atoms with Gasteiger partial charge < -0.3 is 11.1 Å². The van der Waals surface area contributed by atoms with Crippen molar-refractivity contribution in [1.82, 2.24) is 15.0 Å². The van der Waals surface area contributed by atoms with Crippen LogP contribution in [-0.2, 0) is 11.3 Å². The minimum Gasteiger partial charge on any atom is -0.324 e. The minimum atomic E-state index is -0.193. The van der Waals surface area contributed by atoms with E-state index in [2.05, 4.69) is 15.6 Å². The van der Waals surface area contributed by atoms with Crippen molar-refractivity contribution in [1.29, 1.82) is 0 Å². The van der Waals surface area contributed by atoms with E-state index in [4.69, 9.17) is 17.3 Å². The van der Waals surface area contributed by atoms with Crippen molar-refractivity contribution < 1.29 is 4.79 Å². The van der Waals surface area contributed by atoms with E-state index in [1.807, 2.05) is 13.8 Å². The van der Waals surface area contributed by atoms with Gasteiger partial charge in [-0.2, -0.15) is 0 Å². The Labute approximate surface area is 128 Å². The molecule has 3 N–H and O–H groups in total. The average molecular weight is 308 g/mol. The predicted octanol–water partition coefficient (Wildman–Crippen LogP) is 2.29. The molecule has 0 fully saturated rings. The van der Waals surface area contributed by atoms with Crippen molar-refractivity contribution >= 4 is 23.2 Å². The first-order valence-corrected chi connectivity index (χ1v) is 7.09.